The summed E-state index contributed by atoms with van der Waals surface area (Å²) in [5.41, 5.74) is 0.419. The molecule has 2 spiro atoms. The van der Waals surface area contributed by atoms with Gasteiger partial charge in [-0.05, 0) is 38.5 Å². The van der Waals surface area contributed by atoms with Gasteiger partial charge in [0, 0.05) is 25.2 Å². The predicted octanol–water partition coefficient (Wildman–Crippen LogP) is 2.06. The average molecular weight is 225 g/mol. The van der Waals surface area contributed by atoms with Gasteiger partial charge in [-0.25, -0.2) is 0 Å². The number of ether oxygens (including phenoxy) is 2. The Labute approximate surface area is 97.9 Å². The van der Waals surface area contributed by atoms with Crippen LogP contribution in [0.15, 0.2) is 0 Å². The second-order valence-corrected chi connectivity index (χ2v) is 5.81. The first-order chi connectivity index (χ1) is 7.83. The fourth-order valence-electron chi connectivity index (χ4n) is 3.31. The molecule has 2 aliphatic heterocycles. The number of hydrogen-bond acceptors (Lipinski definition) is 3. The largest absolute Gasteiger partial charge is 0.381 e. The molecule has 0 aromatic heterocycles. The smallest absolute Gasteiger partial charge is 0.119 e. The normalized spacial score (nSPS) is 33.0. The third kappa shape index (κ3) is 2.01. The van der Waals surface area contributed by atoms with Crippen LogP contribution >= 0.6 is 0 Å². The third-order valence-electron chi connectivity index (χ3n) is 4.65. The fourth-order valence-corrected chi connectivity index (χ4v) is 3.31. The van der Waals surface area contributed by atoms with Gasteiger partial charge in [0.05, 0.1) is 6.61 Å². The summed E-state index contributed by atoms with van der Waals surface area (Å²) in [7, 11) is 0. The van der Waals surface area contributed by atoms with E-state index in [0.29, 0.717) is 5.41 Å². The maximum Gasteiger partial charge on any atom is 0.119 e. The molecule has 0 bridgehead atoms. The molecular weight excluding hydrogens is 202 g/mol. The second kappa shape index (κ2) is 4.28. The van der Waals surface area contributed by atoms with Gasteiger partial charge in [-0.3, -0.25) is 5.32 Å². The van der Waals surface area contributed by atoms with Gasteiger partial charge < -0.3 is 9.47 Å². The van der Waals surface area contributed by atoms with Crippen LogP contribution in [0.3, 0.4) is 0 Å². The Kier molecular flexibility index (Phi) is 2.94. The summed E-state index contributed by atoms with van der Waals surface area (Å²) >= 11 is 0. The van der Waals surface area contributed by atoms with E-state index in [0.717, 1.165) is 39.2 Å². The lowest BCUT2D eigenvalue weighted by atomic mass is 9.78. The molecule has 16 heavy (non-hydrogen) atoms. The molecule has 2 heterocycles. The molecular formula is C13H23NO2. The molecule has 0 unspecified atom stereocenters. The number of rotatable bonds is 0. The fraction of sp³-hybridized carbons (Fsp3) is 1.00. The van der Waals surface area contributed by atoms with Crippen LogP contribution in [0.5, 0.6) is 0 Å². The Morgan fingerprint density at radius 1 is 0.875 bits per heavy atom. The summed E-state index contributed by atoms with van der Waals surface area (Å²) < 4.78 is 11.7. The Hall–Kier alpha value is -0.120. The first kappa shape index (κ1) is 11.0. The molecule has 3 aliphatic rings. The minimum absolute atomic E-state index is 0.0435. The molecule has 1 saturated carbocycles. The first-order valence-electron chi connectivity index (χ1n) is 6.80. The van der Waals surface area contributed by atoms with E-state index in [4.69, 9.17) is 9.47 Å². The molecule has 3 rings (SSSR count). The van der Waals surface area contributed by atoms with E-state index in [-0.39, 0.29) is 5.72 Å². The topological polar surface area (TPSA) is 30.5 Å². The van der Waals surface area contributed by atoms with Crippen LogP contribution in [-0.4, -0.2) is 32.1 Å². The summed E-state index contributed by atoms with van der Waals surface area (Å²) in [6, 6.07) is 0. The average Bonchev–Trinajstić information content (AvgIpc) is 2.36. The van der Waals surface area contributed by atoms with Crippen LogP contribution in [-0.2, 0) is 9.47 Å². The van der Waals surface area contributed by atoms with E-state index in [1.165, 1.54) is 32.1 Å². The Morgan fingerprint density at radius 3 is 2.25 bits per heavy atom. The van der Waals surface area contributed by atoms with Crippen molar-refractivity contribution in [1.82, 2.24) is 5.32 Å². The minimum Gasteiger partial charge on any atom is -0.381 e. The highest BCUT2D eigenvalue weighted by Gasteiger charge is 2.44. The van der Waals surface area contributed by atoms with E-state index in [2.05, 4.69) is 5.32 Å². The monoisotopic (exact) mass is 225 g/mol. The van der Waals surface area contributed by atoms with E-state index >= 15 is 0 Å². The highest BCUT2D eigenvalue weighted by molar-refractivity contribution is 4.94. The highest BCUT2D eigenvalue weighted by atomic mass is 16.5. The van der Waals surface area contributed by atoms with E-state index in [1.54, 1.807) is 0 Å². The molecule has 0 aromatic carbocycles. The van der Waals surface area contributed by atoms with Crippen LogP contribution in [0.25, 0.3) is 0 Å². The molecule has 1 N–H and O–H groups in total. The lowest BCUT2D eigenvalue weighted by Gasteiger charge is -2.50. The molecule has 0 aromatic rings. The lowest BCUT2D eigenvalue weighted by molar-refractivity contribution is -0.178. The third-order valence-corrected chi connectivity index (χ3v) is 4.65. The maximum absolute atomic E-state index is 6.23. The summed E-state index contributed by atoms with van der Waals surface area (Å²) in [5, 5.41) is 3.72. The van der Waals surface area contributed by atoms with E-state index in [9.17, 15) is 0 Å². The van der Waals surface area contributed by atoms with Crippen molar-refractivity contribution < 1.29 is 9.47 Å². The summed E-state index contributed by atoms with van der Waals surface area (Å²) in [5.74, 6) is 0. The molecule has 2 saturated heterocycles. The summed E-state index contributed by atoms with van der Waals surface area (Å²) in [6.45, 7) is 3.91. The molecule has 3 heteroatoms. The van der Waals surface area contributed by atoms with E-state index in [1.807, 2.05) is 0 Å². The number of nitrogens with one attached hydrogen (secondary N) is 1. The van der Waals surface area contributed by atoms with E-state index < -0.39 is 0 Å². The molecule has 0 atom stereocenters. The van der Waals surface area contributed by atoms with Crippen molar-refractivity contribution in [3.05, 3.63) is 0 Å². The van der Waals surface area contributed by atoms with Gasteiger partial charge in [0.1, 0.15) is 5.72 Å². The molecule has 92 valence electrons. The van der Waals surface area contributed by atoms with Crippen molar-refractivity contribution in [3.63, 3.8) is 0 Å². The predicted molar refractivity (Wildman–Crippen MR) is 62.3 cm³/mol. The van der Waals surface area contributed by atoms with Gasteiger partial charge in [0.2, 0.25) is 0 Å². The number of hydrogen-bond donors (Lipinski definition) is 1. The molecule has 3 fully saturated rings. The van der Waals surface area contributed by atoms with Crippen molar-refractivity contribution in [2.24, 2.45) is 5.41 Å². The van der Waals surface area contributed by atoms with Gasteiger partial charge >= 0.3 is 0 Å². The van der Waals surface area contributed by atoms with Crippen molar-refractivity contribution in [2.75, 3.05) is 26.4 Å². The van der Waals surface area contributed by atoms with Crippen molar-refractivity contribution in [3.8, 4) is 0 Å². The van der Waals surface area contributed by atoms with Gasteiger partial charge in [0.25, 0.3) is 0 Å². The van der Waals surface area contributed by atoms with Crippen LogP contribution in [0.1, 0.15) is 44.9 Å². The lowest BCUT2D eigenvalue weighted by Crippen LogP contribution is -2.60. The van der Waals surface area contributed by atoms with Crippen LogP contribution < -0.4 is 5.32 Å². The zero-order valence-corrected chi connectivity index (χ0v) is 10.1. The van der Waals surface area contributed by atoms with Gasteiger partial charge in [0.15, 0.2) is 0 Å². The molecule has 3 nitrogen and oxygen atoms in total. The Balaban J connectivity index is 1.61. The van der Waals surface area contributed by atoms with Crippen LogP contribution in [0.4, 0.5) is 0 Å². The van der Waals surface area contributed by atoms with Crippen LogP contribution in [0, 0.1) is 5.41 Å². The quantitative estimate of drug-likeness (QED) is 0.684. The summed E-state index contributed by atoms with van der Waals surface area (Å²) in [4.78, 5) is 0. The van der Waals surface area contributed by atoms with Gasteiger partial charge in [-0.1, -0.05) is 6.42 Å². The SMILES string of the molecule is C1CCC2(CC1)NCC1(CCOCC1)CO2. The first-order valence-corrected chi connectivity index (χ1v) is 6.80. The van der Waals surface area contributed by atoms with Crippen molar-refractivity contribution >= 4 is 0 Å². The van der Waals surface area contributed by atoms with Crippen molar-refractivity contribution in [2.45, 2.75) is 50.7 Å². The molecule has 0 amide bonds. The van der Waals surface area contributed by atoms with Gasteiger partial charge in [-0.2, -0.15) is 0 Å². The molecule has 0 radical (unpaired) electrons. The zero-order chi connectivity index (χ0) is 10.9. The Bertz CT molecular complexity index is 204. The standard InChI is InChI=1S/C13H23NO2/c1-2-4-13(5-3-1)14-10-12(11-16-13)6-8-15-9-7-12/h14H,1-11H2. The van der Waals surface area contributed by atoms with Crippen LogP contribution in [0.2, 0.25) is 0 Å². The minimum atomic E-state index is 0.0435. The van der Waals surface area contributed by atoms with Crippen molar-refractivity contribution in [1.29, 1.82) is 0 Å². The molecule has 1 aliphatic carbocycles. The summed E-state index contributed by atoms with van der Waals surface area (Å²) in [6.07, 6.45) is 8.77. The maximum atomic E-state index is 6.23. The Morgan fingerprint density at radius 2 is 1.62 bits per heavy atom. The second-order valence-electron chi connectivity index (χ2n) is 5.81. The zero-order valence-electron chi connectivity index (χ0n) is 10.1. The highest BCUT2D eigenvalue weighted by Crippen LogP contribution is 2.39. The van der Waals surface area contributed by atoms with Gasteiger partial charge in [-0.15, -0.1) is 0 Å².